The number of nitrogens with one attached hydrogen (secondary N) is 1. The number of aryl methyl sites for hydroxylation is 3. The molecule has 0 saturated carbocycles. The van der Waals surface area contributed by atoms with Gasteiger partial charge in [-0.15, -0.1) is 0 Å². The van der Waals surface area contributed by atoms with Crippen molar-refractivity contribution in [1.29, 1.82) is 0 Å². The molecule has 176 valence electrons. The fourth-order valence-corrected chi connectivity index (χ4v) is 6.14. The second-order valence-electron chi connectivity index (χ2n) is 8.87. The molecule has 1 aliphatic rings. The highest BCUT2D eigenvalue weighted by Gasteiger charge is 2.22. The summed E-state index contributed by atoms with van der Waals surface area (Å²) in [6.45, 7) is 12.7. The molecule has 33 heavy (non-hydrogen) atoms. The lowest BCUT2D eigenvalue weighted by Crippen LogP contribution is -2.32. The molecule has 7 nitrogen and oxygen atoms in total. The standard InChI is InChI=1S/C24H31N5O2S2/c1-6-29-22(31)20-21(26-23(33-20)28-9-7-14(2)8-10-28)27-24(29)32-13-18(30)25-19-16(4)11-15(3)12-17(19)5/h11-12,14H,6-10,13H2,1-5H3,(H,25,30). The predicted octanol–water partition coefficient (Wildman–Crippen LogP) is 4.77. The molecular formula is C24H31N5O2S2. The second kappa shape index (κ2) is 9.85. The van der Waals surface area contributed by atoms with Crippen LogP contribution in [0.1, 0.15) is 43.4 Å². The van der Waals surface area contributed by atoms with Gasteiger partial charge < -0.3 is 10.2 Å². The topological polar surface area (TPSA) is 80.1 Å². The van der Waals surface area contributed by atoms with Gasteiger partial charge in [0.1, 0.15) is 4.70 Å². The average molecular weight is 486 g/mol. The third-order valence-corrected chi connectivity index (χ3v) is 8.18. The SMILES string of the molecule is CCn1c(SCC(=O)Nc2c(C)cc(C)cc2C)nc2nc(N3CCC(C)CC3)sc2c1=O. The number of benzene rings is 1. The van der Waals surface area contributed by atoms with Crippen molar-refractivity contribution in [1.82, 2.24) is 14.5 Å². The summed E-state index contributed by atoms with van der Waals surface area (Å²) in [5.41, 5.74) is 4.50. The minimum absolute atomic E-state index is 0.0789. The molecule has 0 unspecified atom stereocenters. The van der Waals surface area contributed by atoms with Crippen LogP contribution in [0.15, 0.2) is 22.1 Å². The fraction of sp³-hybridized carbons (Fsp3) is 0.500. The number of anilines is 2. The van der Waals surface area contributed by atoms with Crippen LogP contribution in [-0.4, -0.2) is 39.3 Å². The molecule has 1 amide bonds. The number of hydrogen-bond donors (Lipinski definition) is 1. The molecule has 2 aromatic heterocycles. The van der Waals surface area contributed by atoms with E-state index in [4.69, 9.17) is 4.98 Å². The Morgan fingerprint density at radius 1 is 1.18 bits per heavy atom. The number of nitrogens with zero attached hydrogens (tertiary/aromatic N) is 4. The number of aromatic nitrogens is 3. The molecule has 0 bridgehead atoms. The first-order valence-electron chi connectivity index (χ1n) is 11.4. The van der Waals surface area contributed by atoms with Gasteiger partial charge in [-0.05, 0) is 57.6 Å². The Labute approximate surface area is 202 Å². The van der Waals surface area contributed by atoms with Crippen molar-refractivity contribution in [2.24, 2.45) is 5.92 Å². The fourth-order valence-electron chi connectivity index (χ4n) is 4.28. The van der Waals surface area contributed by atoms with Crippen molar-refractivity contribution in [3.8, 4) is 0 Å². The Hall–Kier alpha value is -2.39. The first-order valence-corrected chi connectivity index (χ1v) is 13.2. The Morgan fingerprint density at radius 3 is 2.48 bits per heavy atom. The maximum absolute atomic E-state index is 13.1. The average Bonchev–Trinajstić information content (AvgIpc) is 3.20. The first kappa shape index (κ1) is 23.8. The van der Waals surface area contributed by atoms with E-state index in [0.717, 1.165) is 53.8 Å². The molecule has 3 heterocycles. The number of amides is 1. The summed E-state index contributed by atoms with van der Waals surface area (Å²) in [5, 5.41) is 4.42. The summed E-state index contributed by atoms with van der Waals surface area (Å²) < 4.78 is 2.23. The zero-order valence-electron chi connectivity index (χ0n) is 19.9. The molecule has 4 rings (SSSR count). The van der Waals surface area contributed by atoms with Gasteiger partial charge >= 0.3 is 0 Å². The lowest BCUT2D eigenvalue weighted by atomic mass is 10.00. The van der Waals surface area contributed by atoms with Gasteiger partial charge in [0.05, 0.1) is 5.75 Å². The lowest BCUT2D eigenvalue weighted by molar-refractivity contribution is -0.113. The highest BCUT2D eigenvalue weighted by Crippen LogP contribution is 2.30. The molecule has 0 aliphatic carbocycles. The Morgan fingerprint density at radius 2 is 1.85 bits per heavy atom. The van der Waals surface area contributed by atoms with Gasteiger partial charge in [0, 0.05) is 25.3 Å². The summed E-state index contributed by atoms with van der Waals surface area (Å²) in [6, 6.07) is 4.12. The number of thiazole rings is 1. The number of carbonyl (C=O) groups excluding carboxylic acids is 1. The van der Waals surface area contributed by atoms with E-state index in [1.807, 2.05) is 27.7 Å². The Bertz CT molecular complexity index is 1220. The minimum Gasteiger partial charge on any atom is -0.348 e. The van der Waals surface area contributed by atoms with Gasteiger partial charge in [-0.25, -0.2) is 4.98 Å². The number of rotatable bonds is 6. The van der Waals surface area contributed by atoms with Crippen molar-refractivity contribution < 1.29 is 4.79 Å². The molecule has 1 fully saturated rings. The van der Waals surface area contributed by atoms with Crippen molar-refractivity contribution >= 4 is 50.2 Å². The van der Waals surface area contributed by atoms with E-state index in [9.17, 15) is 9.59 Å². The van der Waals surface area contributed by atoms with E-state index in [-0.39, 0.29) is 17.2 Å². The monoisotopic (exact) mass is 485 g/mol. The molecule has 1 aliphatic heterocycles. The van der Waals surface area contributed by atoms with Crippen LogP contribution < -0.4 is 15.8 Å². The highest BCUT2D eigenvalue weighted by molar-refractivity contribution is 7.99. The number of fused-ring (bicyclic) bond motifs is 1. The van der Waals surface area contributed by atoms with Crippen molar-refractivity contribution in [2.45, 2.75) is 59.2 Å². The van der Waals surface area contributed by atoms with Crippen LogP contribution in [0.2, 0.25) is 0 Å². The molecule has 1 saturated heterocycles. The van der Waals surface area contributed by atoms with Crippen LogP contribution in [0.3, 0.4) is 0 Å². The number of carbonyl (C=O) groups is 1. The van der Waals surface area contributed by atoms with Crippen LogP contribution in [0.25, 0.3) is 10.3 Å². The summed E-state index contributed by atoms with van der Waals surface area (Å²) in [5.74, 6) is 0.785. The molecule has 0 atom stereocenters. The van der Waals surface area contributed by atoms with E-state index in [0.29, 0.717) is 22.0 Å². The quantitative estimate of drug-likeness (QED) is 0.400. The molecule has 1 N–H and O–H groups in total. The zero-order chi connectivity index (χ0) is 23.7. The molecule has 1 aromatic carbocycles. The maximum atomic E-state index is 13.1. The normalized spacial score (nSPS) is 14.8. The lowest BCUT2D eigenvalue weighted by Gasteiger charge is -2.29. The maximum Gasteiger partial charge on any atom is 0.273 e. The van der Waals surface area contributed by atoms with Crippen LogP contribution in [0.4, 0.5) is 10.8 Å². The molecule has 0 radical (unpaired) electrons. The van der Waals surface area contributed by atoms with E-state index >= 15 is 0 Å². The van der Waals surface area contributed by atoms with Crippen molar-refractivity contribution in [3.05, 3.63) is 39.2 Å². The van der Waals surface area contributed by atoms with Gasteiger partial charge in [-0.2, -0.15) is 4.98 Å². The zero-order valence-corrected chi connectivity index (χ0v) is 21.5. The van der Waals surface area contributed by atoms with Gasteiger partial charge in [-0.3, -0.25) is 14.2 Å². The third-order valence-electron chi connectivity index (χ3n) is 6.11. The van der Waals surface area contributed by atoms with Gasteiger partial charge in [0.25, 0.3) is 5.56 Å². The summed E-state index contributed by atoms with van der Waals surface area (Å²) in [7, 11) is 0. The summed E-state index contributed by atoms with van der Waals surface area (Å²) >= 11 is 2.71. The first-order chi connectivity index (χ1) is 15.8. The van der Waals surface area contributed by atoms with Crippen molar-refractivity contribution in [3.63, 3.8) is 0 Å². The largest absolute Gasteiger partial charge is 0.348 e. The molecular weight excluding hydrogens is 454 g/mol. The number of hydrogen-bond acceptors (Lipinski definition) is 7. The van der Waals surface area contributed by atoms with Crippen LogP contribution in [0, 0.1) is 26.7 Å². The third kappa shape index (κ3) is 5.09. The Kier molecular flexibility index (Phi) is 7.09. The smallest absolute Gasteiger partial charge is 0.273 e. The van der Waals surface area contributed by atoms with E-state index in [2.05, 4.69) is 34.3 Å². The van der Waals surface area contributed by atoms with Gasteiger partial charge in [-0.1, -0.05) is 47.7 Å². The van der Waals surface area contributed by atoms with Crippen LogP contribution >= 0.6 is 23.1 Å². The van der Waals surface area contributed by atoms with Gasteiger partial charge in [0.2, 0.25) is 5.91 Å². The summed E-state index contributed by atoms with van der Waals surface area (Å²) in [4.78, 5) is 37.5. The minimum atomic E-state index is -0.117. The van der Waals surface area contributed by atoms with Crippen molar-refractivity contribution in [2.75, 3.05) is 29.1 Å². The number of piperidine rings is 1. The van der Waals surface area contributed by atoms with Gasteiger partial charge in [0.15, 0.2) is 15.9 Å². The second-order valence-corrected chi connectivity index (χ2v) is 10.8. The number of thioether (sulfide) groups is 1. The van der Waals surface area contributed by atoms with E-state index in [1.165, 1.54) is 28.7 Å². The summed E-state index contributed by atoms with van der Waals surface area (Å²) in [6.07, 6.45) is 2.28. The molecule has 3 aromatic rings. The van der Waals surface area contributed by atoms with E-state index < -0.39 is 0 Å². The predicted molar refractivity (Wildman–Crippen MR) is 138 cm³/mol. The van der Waals surface area contributed by atoms with E-state index in [1.54, 1.807) is 4.57 Å². The van der Waals surface area contributed by atoms with Crippen LogP contribution in [-0.2, 0) is 11.3 Å². The Balaban J connectivity index is 1.53. The van der Waals surface area contributed by atoms with Crippen LogP contribution in [0.5, 0.6) is 0 Å². The molecule has 9 heteroatoms. The molecule has 0 spiro atoms. The highest BCUT2D eigenvalue weighted by atomic mass is 32.2.